The Hall–Kier alpha value is -3.35. The van der Waals surface area contributed by atoms with Crippen LogP contribution in [0, 0.1) is 0 Å². The molecule has 0 aliphatic heterocycles. The Morgan fingerprint density at radius 1 is 1.04 bits per heavy atom. The molecule has 2 aromatic carbocycles. The zero-order chi connectivity index (χ0) is 18.7. The molecular formula is C19H19NO6. The Labute approximate surface area is 150 Å². The van der Waals surface area contributed by atoms with Gasteiger partial charge in [0.25, 0.3) is 0 Å². The largest absolute Gasteiger partial charge is 0.493 e. The van der Waals surface area contributed by atoms with Crippen LogP contribution in [0.5, 0.6) is 17.2 Å². The number of carboxylic acids is 1. The summed E-state index contributed by atoms with van der Waals surface area (Å²) in [5.74, 6) is 0.492. The van der Waals surface area contributed by atoms with E-state index in [1.54, 1.807) is 27.4 Å². The fourth-order valence-corrected chi connectivity index (χ4v) is 2.70. The van der Waals surface area contributed by atoms with Crippen molar-refractivity contribution in [3.05, 3.63) is 47.7 Å². The van der Waals surface area contributed by atoms with Crippen LogP contribution in [0.2, 0.25) is 0 Å². The van der Waals surface area contributed by atoms with E-state index in [9.17, 15) is 4.79 Å². The number of benzene rings is 2. The molecule has 2 N–H and O–H groups in total. The van der Waals surface area contributed by atoms with Crippen LogP contribution in [0.15, 0.2) is 40.8 Å². The van der Waals surface area contributed by atoms with E-state index in [4.69, 9.17) is 23.7 Å². The SMILES string of the molecule is COc1cc(NCc2ccc3oc(C(=O)O)cc3c2)cc(OC)c1OC. The Balaban J connectivity index is 1.82. The molecule has 1 aromatic heterocycles. The lowest BCUT2D eigenvalue weighted by molar-refractivity contribution is 0.0665. The zero-order valence-corrected chi connectivity index (χ0v) is 14.7. The van der Waals surface area contributed by atoms with E-state index in [1.165, 1.54) is 6.07 Å². The molecule has 7 heteroatoms. The molecule has 0 amide bonds. The molecule has 0 spiro atoms. The minimum atomic E-state index is -1.08. The molecular weight excluding hydrogens is 338 g/mol. The average Bonchev–Trinajstić information content (AvgIpc) is 3.09. The quantitative estimate of drug-likeness (QED) is 0.665. The predicted molar refractivity (Wildman–Crippen MR) is 96.6 cm³/mol. The van der Waals surface area contributed by atoms with E-state index >= 15 is 0 Å². The molecule has 0 unspecified atom stereocenters. The lowest BCUT2D eigenvalue weighted by atomic mass is 10.1. The maximum atomic E-state index is 11.0. The summed E-state index contributed by atoms with van der Waals surface area (Å²) in [7, 11) is 4.68. The van der Waals surface area contributed by atoms with Gasteiger partial charge in [0.15, 0.2) is 11.5 Å². The number of hydrogen-bond acceptors (Lipinski definition) is 6. The third kappa shape index (κ3) is 3.37. The van der Waals surface area contributed by atoms with Crippen molar-refractivity contribution in [2.75, 3.05) is 26.6 Å². The van der Waals surface area contributed by atoms with Gasteiger partial charge in [0.1, 0.15) is 5.58 Å². The second kappa shape index (κ2) is 7.26. The molecule has 0 saturated carbocycles. The van der Waals surface area contributed by atoms with E-state index in [-0.39, 0.29) is 5.76 Å². The molecule has 0 aliphatic carbocycles. The van der Waals surface area contributed by atoms with E-state index in [0.29, 0.717) is 29.4 Å². The standard InChI is InChI=1S/C19H19NO6/c1-23-15-8-13(9-16(24-2)18(15)25-3)20-10-11-4-5-14-12(6-11)7-17(26-14)19(21)22/h4-9,20H,10H2,1-3H3,(H,21,22). The van der Waals surface area contributed by atoms with Gasteiger partial charge >= 0.3 is 5.97 Å². The molecule has 7 nitrogen and oxygen atoms in total. The normalized spacial score (nSPS) is 10.6. The van der Waals surface area contributed by atoms with Crippen LogP contribution in [-0.4, -0.2) is 32.4 Å². The van der Waals surface area contributed by atoms with Crippen molar-refractivity contribution >= 4 is 22.6 Å². The molecule has 0 saturated heterocycles. The van der Waals surface area contributed by atoms with Gasteiger partial charge in [-0.3, -0.25) is 0 Å². The van der Waals surface area contributed by atoms with Gasteiger partial charge in [-0.25, -0.2) is 4.79 Å². The smallest absolute Gasteiger partial charge is 0.371 e. The topological polar surface area (TPSA) is 90.2 Å². The van der Waals surface area contributed by atoms with Crippen molar-refractivity contribution in [3.63, 3.8) is 0 Å². The zero-order valence-electron chi connectivity index (χ0n) is 14.7. The van der Waals surface area contributed by atoms with E-state index in [0.717, 1.165) is 16.6 Å². The van der Waals surface area contributed by atoms with Crippen molar-refractivity contribution in [3.8, 4) is 17.2 Å². The molecule has 0 aliphatic rings. The summed E-state index contributed by atoms with van der Waals surface area (Å²) in [6.45, 7) is 0.530. The average molecular weight is 357 g/mol. The fraction of sp³-hybridized carbons (Fsp3) is 0.211. The predicted octanol–water partition coefficient (Wildman–Crippen LogP) is 3.77. The number of methoxy groups -OCH3 is 3. The Kier molecular flexibility index (Phi) is 4.88. The number of fused-ring (bicyclic) bond motifs is 1. The van der Waals surface area contributed by atoms with Crippen LogP contribution in [-0.2, 0) is 6.54 Å². The van der Waals surface area contributed by atoms with Crippen molar-refractivity contribution in [2.24, 2.45) is 0 Å². The molecule has 136 valence electrons. The highest BCUT2D eigenvalue weighted by Gasteiger charge is 2.14. The fourth-order valence-electron chi connectivity index (χ4n) is 2.70. The van der Waals surface area contributed by atoms with Crippen molar-refractivity contribution in [1.29, 1.82) is 0 Å². The maximum Gasteiger partial charge on any atom is 0.371 e. The van der Waals surface area contributed by atoms with Gasteiger partial charge in [-0.15, -0.1) is 0 Å². The number of anilines is 1. The van der Waals surface area contributed by atoms with Crippen LogP contribution >= 0.6 is 0 Å². The van der Waals surface area contributed by atoms with Gasteiger partial charge < -0.3 is 29.1 Å². The molecule has 0 radical (unpaired) electrons. The van der Waals surface area contributed by atoms with Gasteiger partial charge in [0.05, 0.1) is 21.3 Å². The number of carboxylic acid groups (broad SMARTS) is 1. The number of nitrogens with one attached hydrogen (secondary N) is 1. The lowest BCUT2D eigenvalue weighted by Gasteiger charge is -2.15. The van der Waals surface area contributed by atoms with Gasteiger partial charge in [0.2, 0.25) is 11.5 Å². The van der Waals surface area contributed by atoms with Crippen molar-refractivity contribution in [1.82, 2.24) is 0 Å². The third-order valence-electron chi connectivity index (χ3n) is 3.95. The number of rotatable bonds is 7. The summed E-state index contributed by atoms with van der Waals surface area (Å²) >= 11 is 0. The molecule has 3 aromatic rings. The third-order valence-corrected chi connectivity index (χ3v) is 3.95. The first-order valence-corrected chi connectivity index (χ1v) is 7.85. The first-order valence-electron chi connectivity index (χ1n) is 7.85. The Morgan fingerprint density at radius 2 is 1.73 bits per heavy atom. The van der Waals surface area contributed by atoms with Gasteiger partial charge in [-0.2, -0.15) is 0 Å². The van der Waals surface area contributed by atoms with Crippen molar-refractivity contribution < 1.29 is 28.5 Å². The van der Waals surface area contributed by atoms with E-state index in [2.05, 4.69) is 5.32 Å². The maximum absolute atomic E-state index is 11.0. The van der Waals surface area contributed by atoms with Crippen LogP contribution in [0.1, 0.15) is 16.1 Å². The van der Waals surface area contributed by atoms with Gasteiger partial charge in [0, 0.05) is 29.8 Å². The lowest BCUT2D eigenvalue weighted by Crippen LogP contribution is -2.01. The van der Waals surface area contributed by atoms with Crippen LogP contribution in [0.4, 0.5) is 5.69 Å². The van der Waals surface area contributed by atoms with Gasteiger partial charge in [-0.1, -0.05) is 6.07 Å². The van der Waals surface area contributed by atoms with Crippen LogP contribution in [0.25, 0.3) is 11.0 Å². The molecule has 26 heavy (non-hydrogen) atoms. The van der Waals surface area contributed by atoms with Crippen LogP contribution in [0.3, 0.4) is 0 Å². The molecule has 0 atom stereocenters. The summed E-state index contributed by atoms with van der Waals surface area (Å²) in [6, 6.07) is 10.7. The highest BCUT2D eigenvalue weighted by Crippen LogP contribution is 2.40. The number of furan rings is 1. The summed E-state index contributed by atoms with van der Waals surface area (Å²) < 4.78 is 21.3. The van der Waals surface area contributed by atoms with Crippen molar-refractivity contribution in [2.45, 2.75) is 6.54 Å². The molecule has 1 heterocycles. The minimum absolute atomic E-state index is 0.0743. The number of aromatic carboxylic acids is 1. The summed E-state index contributed by atoms with van der Waals surface area (Å²) in [6.07, 6.45) is 0. The van der Waals surface area contributed by atoms with Gasteiger partial charge in [-0.05, 0) is 23.8 Å². The number of carbonyl (C=O) groups is 1. The summed E-state index contributed by atoms with van der Waals surface area (Å²) in [5, 5.41) is 13.0. The Morgan fingerprint density at radius 3 is 2.31 bits per heavy atom. The summed E-state index contributed by atoms with van der Waals surface area (Å²) in [4.78, 5) is 11.0. The Bertz CT molecular complexity index is 921. The molecule has 0 fully saturated rings. The van der Waals surface area contributed by atoms with Crippen LogP contribution < -0.4 is 19.5 Å². The molecule has 3 rings (SSSR count). The first kappa shape index (κ1) is 17.5. The summed E-state index contributed by atoms with van der Waals surface area (Å²) in [5.41, 5.74) is 2.32. The highest BCUT2D eigenvalue weighted by molar-refractivity contribution is 5.91. The monoisotopic (exact) mass is 357 g/mol. The molecule has 0 bridgehead atoms. The second-order valence-electron chi connectivity index (χ2n) is 5.56. The first-order chi connectivity index (χ1) is 12.5. The minimum Gasteiger partial charge on any atom is -0.493 e. The second-order valence-corrected chi connectivity index (χ2v) is 5.56. The van der Waals surface area contributed by atoms with E-state index in [1.807, 2.05) is 24.3 Å². The highest BCUT2D eigenvalue weighted by atomic mass is 16.5. The number of ether oxygens (including phenoxy) is 3. The number of hydrogen-bond donors (Lipinski definition) is 2. The van der Waals surface area contributed by atoms with E-state index < -0.39 is 5.97 Å².